The first kappa shape index (κ1) is 44.1. The second-order valence-electron chi connectivity index (χ2n) is 15.5. The van der Waals surface area contributed by atoms with Gasteiger partial charge >= 0.3 is 0 Å². The van der Waals surface area contributed by atoms with Crippen LogP contribution in [0, 0.1) is 0 Å². The standard InChI is InChI=1S/C52H38N6.C4H8.C4H6/c1-2-3-10-28-53-35-38-15-7-8-18-41(38)36-24-26-47-44(32-36)51-49(22-13-30-55-51)57(47)39-16-12-17-40(34-39)58-48-27-25-37(33-45(48)52-50(58)23-14-31-56-52)42-19-5-4-6-20-43(42)46-21-9-11-29-54-46;2*1-3-4-2/h2-34,42H,1,35H2;3H,1,4H2,2H3;3-4H,1-2H2/b10-3-,53-28?;;. The van der Waals surface area contributed by atoms with Gasteiger partial charge in [0.25, 0.3) is 0 Å². The van der Waals surface area contributed by atoms with Crippen LogP contribution in [0.4, 0.5) is 0 Å². The zero-order chi connectivity index (χ0) is 45.7. The topological polar surface area (TPSA) is 60.9 Å². The molecule has 6 nitrogen and oxygen atoms in total. The summed E-state index contributed by atoms with van der Waals surface area (Å²) in [5, 5.41) is 2.21. The molecule has 0 aliphatic heterocycles. The maximum absolute atomic E-state index is 4.95. The molecule has 0 saturated carbocycles. The quantitative estimate of drug-likeness (QED) is 0.0739. The van der Waals surface area contributed by atoms with Gasteiger partial charge in [-0.25, -0.2) is 0 Å². The molecule has 0 N–H and O–H groups in total. The molecule has 5 aromatic heterocycles. The van der Waals surface area contributed by atoms with E-state index in [1.54, 1.807) is 18.2 Å². The molecule has 9 aromatic rings. The van der Waals surface area contributed by atoms with Crippen LogP contribution in [-0.2, 0) is 6.54 Å². The Balaban J connectivity index is 0.000000687. The summed E-state index contributed by atoms with van der Waals surface area (Å²) in [5.41, 5.74) is 15.1. The molecule has 4 aromatic carbocycles. The molecule has 1 unspecified atom stereocenters. The molecule has 1 aliphatic rings. The Kier molecular flexibility index (Phi) is 14.2. The number of aromatic nitrogens is 5. The molecule has 0 fully saturated rings. The Morgan fingerprint density at radius 1 is 0.591 bits per heavy atom. The summed E-state index contributed by atoms with van der Waals surface area (Å²) in [4.78, 5) is 19.2. The van der Waals surface area contributed by atoms with E-state index in [1.807, 2.05) is 67.3 Å². The van der Waals surface area contributed by atoms with Gasteiger partial charge in [0.15, 0.2) is 0 Å². The Hall–Kier alpha value is -8.48. The van der Waals surface area contributed by atoms with Crippen molar-refractivity contribution in [2.75, 3.05) is 0 Å². The highest BCUT2D eigenvalue weighted by atomic mass is 15.0. The SMILES string of the molecule is C=C/C=C\C=NCc1ccccc1-c1ccc2c(c1)c1ncccc1n2-c1cccc(-n2c3ccc(C4C=CC=CC=C4c4ccccn4)cc3c3ncccc32)c1.C=CC=C.C=CCC. The average molecular weight is 857 g/mol. The minimum atomic E-state index is 0.0379. The van der Waals surface area contributed by atoms with E-state index in [2.05, 4.69) is 181 Å². The maximum atomic E-state index is 4.95. The lowest BCUT2D eigenvalue weighted by atomic mass is 9.88. The van der Waals surface area contributed by atoms with Crippen molar-refractivity contribution in [3.63, 3.8) is 0 Å². The summed E-state index contributed by atoms with van der Waals surface area (Å²) in [5.74, 6) is 0.0379. The van der Waals surface area contributed by atoms with Crippen molar-refractivity contribution in [2.24, 2.45) is 4.99 Å². The van der Waals surface area contributed by atoms with Crippen molar-refractivity contribution < 1.29 is 0 Å². The number of benzene rings is 4. The van der Waals surface area contributed by atoms with Crippen molar-refractivity contribution in [3.8, 4) is 22.5 Å². The fraction of sp³-hybridized carbons (Fsp3) is 0.0667. The monoisotopic (exact) mass is 856 g/mol. The fourth-order valence-corrected chi connectivity index (χ4v) is 8.33. The van der Waals surface area contributed by atoms with E-state index >= 15 is 0 Å². The van der Waals surface area contributed by atoms with Crippen molar-refractivity contribution in [2.45, 2.75) is 25.8 Å². The van der Waals surface area contributed by atoms with Gasteiger partial charge in [-0.1, -0.05) is 136 Å². The Bertz CT molecular complexity index is 3350. The van der Waals surface area contributed by atoms with Crippen LogP contribution in [0.3, 0.4) is 0 Å². The number of allylic oxidation sites excluding steroid dienone is 12. The molecule has 10 rings (SSSR count). The van der Waals surface area contributed by atoms with Crippen molar-refractivity contribution in [3.05, 3.63) is 256 Å². The Morgan fingerprint density at radius 2 is 1.26 bits per heavy atom. The third kappa shape index (κ3) is 9.26. The Labute approximate surface area is 387 Å². The van der Waals surface area contributed by atoms with Crippen LogP contribution in [0.25, 0.3) is 71.9 Å². The first-order valence-electron chi connectivity index (χ1n) is 22.2. The number of hydrogen-bond acceptors (Lipinski definition) is 4. The van der Waals surface area contributed by atoms with Gasteiger partial charge in [-0.15, -0.1) is 6.58 Å². The molecule has 6 heteroatoms. The summed E-state index contributed by atoms with van der Waals surface area (Å²) < 4.78 is 4.66. The normalized spacial score (nSPS) is 13.3. The van der Waals surface area contributed by atoms with Crippen LogP contribution in [0.2, 0.25) is 0 Å². The van der Waals surface area contributed by atoms with Crippen molar-refractivity contribution in [1.29, 1.82) is 0 Å². The molecule has 66 heavy (non-hydrogen) atoms. The van der Waals surface area contributed by atoms with E-state index < -0.39 is 0 Å². The molecule has 0 amide bonds. The lowest BCUT2D eigenvalue weighted by Gasteiger charge is -2.17. The Morgan fingerprint density at radius 3 is 1.92 bits per heavy atom. The van der Waals surface area contributed by atoms with Gasteiger partial charge in [0, 0.05) is 52.9 Å². The summed E-state index contributed by atoms with van der Waals surface area (Å²) in [7, 11) is 0. The van der Waals surface area contributed by atoms with Gasteiger partial charge in [0.2, 0.25) is 0 Å². The van der Waals surface area contributed by atoms with Gasteiger partial charge in [0.05, 0.1) is 45.3 Å². The van der Waals surface area contributed by atoms with E-state index in [0.29, 0.717) is 6.54 Å². The van der Waals surface area contributed by atoms with E-state index in [1.165, 1.54) is 5.56 Å². The zero-order valence-corrected chi connectivity index (χ0v) is 37.3. The number of rotatable bonds is 11. The van der Waals surface area contributed by atoms with Gasteiger partial charge in [-0.3, -0.25) is 19.9 Å². The summed E-state index contributed by atoms with van der Waals surface area (Å²) in [6, 6.07) is 45.2. The minimum Gasteiger partial charge on any atom is -0.308 e. The van der Waals surface area contributed by atoms with E-state index in [0.717, 1.165) is 89.6 Å². The number of nitrogens with zero attached hydrogens (tertiary/aromatic N) is 6. The van der Waals surface area contributed by atoms with Gasteiger partial charge in [0.1, 0.15) is 0 Å². The average Bonchev–Trinajstić information content (AvgIpc) is 3.76. The van der Waals surface area contributed by atoms with E-state index in [-0.39, 0.29) is 5.92 Å². The third-order valence-corrected chi connectivity index (χ3v) is 11.4. The molecular weight excluding hydrogens is 805 g/mol. The molecule has 1 aliphatic carbocycles. The summed E-state index contributed by atoms with van der Waals surface area (Å²) >= 11 is 0. The van der Waals surface area contributed by atoms with E-state index in [4.69, 9.17) is 15.0 Å². The van der Waals surface area contributed by atoms with Gasteiger partial charge < -0.3 is 9.13 Å². The lowest BCUT2D eigenvalue weighted by Crippen LogP contribution is -2.01. The molecule has 0 spiro atoms. The van der Waals surface area contributed by atoms with Gasteiger partial charge in [-0.05, 0) is 119 Å². The summed E-state index contributed by atoms with van der Waals surface area (Å²) in [6.45, 7) is 16.6. The summed E-state index contributed by atoms with van der Waals surface area (Å²) in [6.07, 6.45) is 29.9. The fourth-order valence-electron chi connectivity index (χ4n) is 8.33. The third-order valence-electron chi connectivity index (χ3n) is 11.4. The number of pyridine rings is 3. The predicted octanol–water partition coefficient (Wildman–Crippen LogP) is 15.3. The molecule has 1 atom stereocenters. The van der Waals surface area contributed by atoms with Crippen LogP contribution in [0.15, 0.2) is 244 Å². The number of aliphatic imine (C=N–C) groups is 1. The molecule has 5 heterocycles. The van der Waals surface area contributed by atoms with Crippen molar-refractivity contribution >= 4 is 55.7 Å². The second-order valence-corrected chi connectivity index (χ2v) is 15.5. The molecule has 0 saturated heterocycles. The van der Waals surface area contributed by atoms with Crippen LogP contribution in [0.1, 0.15) is 36.1 Å². The van der Waals surface area contributed by atoms with E-state index in [9.17, 15) is 0 Å². The van der Waals surface area contributed by atoms with Crippen LogP contribution >= 0.6 is 0 Å². The number of fused-ring (bicyclic) bond motifs is 6. The van der Waals surface area contributed by atoms with Crippen LogP contribution in [-0.4, -0.2) is 30.3 Å². The largest absolute Gasteiger partial charge is 0.308 e. The highest BCUT2D eigenvalue weighted by molar-refractivity contribution is 6.09. The second kappa shape index (κ2) is 21.3. The minimum absolute atomic E-state index is 0.0379. The molecule has 0 bridgehead atoms. The molecule has 322 valence electrons. The number of hydrogen-bond donors (Lipinski definition) is 0. The lowest BCUT2D eigenvalue weighted by molar-refractivity contribution is 1.08. The predicted molar refractivity (Wildman–Crippen MR) is 282 cm³/mol. The molecule has 0 radical (unpaired) electrons. The van der Waals surface area contributed by atoms with Crippen LogP contribution < -0.4 is 0 Å². The zero-order valence-electron chi connectivity index (χ0n) is 37.3. The highest BCUT2D eigenvalue weighted by Gasteiger charge is 2.21. The van der Waals surface area contributed by atoms with Gasteiger partial charge in [-0.2, -0.15) is 0 Å². The maximum Gasteiger partial charge on any atom is 0.0963 e. The smallest absolute Gasteiger partial charge is 0.0963 e. The van der Waals surface area contributed by atoms with Crippen molar-refractivity contribution in [1.82, 2.24) is 24.1 Å². The molecular formula is C60H52N6. The first-order chi connectivity index (χ1) is 32.6. The highest BCUT2D eigenvalue weighted by Crippen LogP contribution is 2.40. The van der Waals surface area contributed by atoms with Crippen LogP contribution in [0.5, 0.6) is 0 Å². The first-order valence-corrected chi connectivity index (χ1v) is 22.2.